The summed E-state index contributed by atoms with van der Waals surface area (Å²) in [6, 6.07) is 13.2. The number of ether oxygens (including phenoxy) is 2. The first-order valence-electron chi connectivity index (χ1n) is 16.0. The summed E-state index contributed by atoms with van der Waals surface area (Å²) < 4.78 is 38.7. The summed E-state index contributed by atoms with van der Waals surface area (Å²) in [5.41, 5.74) is 5.60. The Hall–Kier alpha value is -4.33. The molecule has 5 aromatic rings. The number of halogens is 4. The van der Waals surface area contributed by atoms with Crippen LogP contribution in [0.1, 0.15) is 49.2 Å². The molecule has 3 aromatic heterocycles. The van der Waals surface area contributed by atoms with Crippen LogP contribution in [-0.2, 0) is 16.1 Å². The summed E-state index contributed by atoms with van der Waals surface area (Å²) in [5, 5.41) is 3.68. The Kier molecular flexibility index (Phi) is 10.8. The fourth-order valence-corrected chi connectivity index (χ4v) is 7.05. The first-order valence-corrected chi connectivity index (χ1v) is 17.2. The third kappa shape index (κ3) is 7.40. The molecule has 0 atom stereocenters. The van der Waals surface area contributed by atoms with E-state index in [1.807, 2.05) is 50.4 Å². The zero-order valence-corrected chi connectivity index (χ0v) is 30.2. The van der Waals surface area contributed by atoms with E-state index < -0.39 is 12.2 Å². The Bertz CT molecular complexity index is 2050. The van der Waals surface area contributed by atoms with Gasteiger partial charge in [0.2, 0.25) is 5.88 Å². The van der Waals surface area contributed by atoms with E-state index in [4.69, 9.17) is 31.0 Å². The van der Waals surface area contributed by atoms with E-state index in [1.54, 1.807) is 25.6 Å². The molecule has 0 bridgehead atoms. The molecule has 1 aliphatic carbocycles. The summed E-state index contributed by atoms with van der Waals surface area (Å²) in [5.74, 6) is -0.200. The maximum Gasteiger partial charge on any atom is 0.308 e. The molecule has 0 spiro atoms. The van der Waals surface area contributed by atoms with E-state index in [2.05, 4.69) is 41.1 Å². The van der Waals surface area contributed by atoms with Crippen LogP contribution >= 0.6 is 27.5 Å². The molecular formula is C36H35BrClF2N7O3. The predicted octanol–water partition coefficient (Wildman–Crippen LogP) is 8.73. The number of nitrogens with one attached hydrogen (secondary N) is 1. The van der Waals surface area contributed by atoms with Crippen molar-refractivity contribution in [3.8, 4) is 28.3 Å². The quantitative estimate of drug-likeness (QED) is 0.138. The number of pyridine rings is 1. The molecule has 2 aromatic carbocycles. The fourth-order valence-electron chi connectivity index (χ4n) is 6.41. The number of alkyl halides is 2. The lowest BCUT2D eigenvalue weighted by molar-refractivity contribution is -0.146. The molecule has 0 amide bonds. The molecule has 3 heterocycles. The van der Waals surface area contributed by atoms with Gasteiger partial charge < -0.3 is 14.8 Å². The number of hydrogen-bond acceptors (Lipinski definition) is 10. The summed E-state index contributed by atoms with van der Waals surface area (Å²) >= 11 is 10.4. The van der Waals surface area contributed by atoms with E-state index in [9.17, 15) is 13.6 Å². The lowest BCUT2D eigenvalue weighted by Crippen LogP contribution is -2.36. The van der Waals surface area contributed by atoms with Gasteiger partial charge in [-0.05, 0) is 78.8 Å². The largest absolute Gasteiger partial charge is 0.480 e. The molecule has 0 radical (unpaired) electrons. The van der Waals surface area contributed by atoms with Crippen LogP contribution in [0.4, 0.5) is 20.3 Å². The van der Waals surface area contributed by atoms with Gasteiger partial charge in [0.05, 0.1) is 42.6 Å². The van der Waals surface area contributed by atoms with Crippen LogP contribution in [0, 0.1) is 12.8 Å². The second-order valence-electron chi connectivity index (χ2n) is 12.2. The number of esters is 1. The zero-order valence-electron chi connectivity index (χ0n) is 27.9. The molecule has 1 fully saturated rings. The number of benzene rings is 2. The summed E-state index contributed by atoms with van der Waals surface area (Å²) in [6.07, 6.45) is 3.78. The topological polar surface area (TPSA) is 115 Å². The molecule has 50 heavy (non-hydrogen) atoms. The van der Waals surface area contributed by atoms with Gasteiger partial charge in [0, 0.05) is 40.1 Å². The first kappa shape index (κ1) is 35.5. The number of aromatic nitrogens is 5. The van der Waals surface area contributed by atoms with E-state index in [0.29, 0.717) is 56.1 Å². The van der Waals surface area contributed by atoms with Gasteiger partial charge in [-0.1, -0.05) is 41.9 Å². The Labute approximate surface area is 301 Å². The van der Waals surface area contributed by atoms with Gasteiger partial charge in [0.25, 0.3) is 6.43 Å². The van der Waals surface area contributed by atoms with Crippen LogP contribution in [-0.4, -0.2) is 63.1 Å². The lowest BCUT2D eigenvalue weighted by Gasteiger charge is -2.33. The smallest absolute Gasteiger partial charge is 0.308 e. The van der Waals surface area contributed by atoms with Gasteiger partial charge >= 0.3 is 5.97 Å². The molecule has 0 unspecified atom stereocenters. The number of fused-ring (bicyclic) bond motifs is 1. The van der Waals surface area contributed by atoms with Crippen LogP contribution in [0.25, 0.3) is 33.4 Å². The highest BCUT2D eigenvalue weighted by atomic mass is 79.9. The minimum atomic E-state index is -2.86. The number of carbonyl (C=O) groups is 1. The van der Waals surface area contributed by atoms with Crippen LogP contribution in [0.2, 0.25) is 5.02 Å². The molecule has 14 heteroatoms. The number of hydrogen-bond donors (Lipinski definition) is 1. The number of carbonyl (C=O) groups excluding carboxylic acids is 1. The van der Waals surface area contributed by atoms with E-state index in [0.717, 1.165) is 42.4 Å². The van der Waals surface area contributed by atoms with Crippen molar-refractivity contribution < 1.29 is 23.0 Å². The van der Waals surface area contributed by atoms with Gasteiger partial charge in [-0.15, -0.1) is 0 Å². The Morgan fingerprint density at radius 2 is 1.74 bits per heavy atom. The second-order valence-corrected chi connectivity index (χ2v) is 13.5. The van der Waals surface area contributed by atoms with Gasteiger partial charge in [0.15, 0.2) is 11.6 Å². The SMILES string of the molecule is COC(=O)C1CCC(N(C)Cc2ncc(-c3cccc(-c4cccc(Nc5nc(C(F)F)nc6cc(Br)cnc56)c4C)c3Cl)nc2OC)CC1. The molecule has 0 saturated heterocycles. The third-order valence-corrected chi connectivity index (χ3v) is 9.97. The van der Waals surface area contributed by atoms with Gasteiger partial charge in [0.1, 0.15) is 11.2 Å². The lowest BCUT2D eigenvalue weighted by atomic mass is 9.85. The maximum atomic E-state index is 13.7. The predicted molar refractivity (Wildman–Crippen MR) is 192 cm³/mol. The van der Waals surface area contributed by atoms with Crippen LogP contribution in [0.15, 0.2) is 59.3 Å². The van der Waals surface area contributed by atoms with Gasteiger partial charge in [-0.3, -0.25) is 14.7 Å². The maximum absolute atomic E-state index is 13.7. The highest BCUT2D eigenvalue weighted by Gasteiger charge is 2.29. The standard InChI is InChI=1S/C36H35BrClF2N7O3/c1-19-23(7-6-10-26(19)43-33-31-27(15-21(37)16-42-31)44-34(46-33)32(39)40)24-8-5-9-25(30(24)38)28-17-41-29(35(45-28)49-3)18-47(2)22-13-11-20(12-14-22)36(48)50-4/h5-10,15-17,20,22,32H,11-14,18H2,1-4H3,(H,43,44,46). The van der Waals surface area contributed by atoms with Crippen molar-refractivity contribution in [3.63, 3.8) is 0 Å². The van der Waals surface area contributed by atoms with Crippen molar-refractivity contribution in [2.75, 3.05) is 26.6 Å². The molecule has 10 nitrogen and oxygen atoms in total. The molecule has 6 rings (SSSR count). The van der Waals surface area contributed by atoms with Crippen LogP contribution in [0.5, 0.6) is 5.88 Å². The molecule has 0 aliphatic heterocycles. The molecule has 260 valence electrons. The number of anilines is 2. The zero-order chi connectivity index (χ0) is 35.5. The first-order chi connectivity index (χ1) is 24.1. The van der Waals surface area contributed by atoms with Crippen molar-refractivity contribution in [1.29, 1.82) is 0 Å². The summed E-state index contributed by atoms with van der Waals surface area (Å²) in [7, 11) is 5.05. The minimum absolute atomic E-state index is 0.0404. The molecule has 1 saturated carbocycles. The second kappa shape index (κ2) is 15.3. The average Bonchev–Trinajstić information content (AvgIpc) is 3.12. The third-order valence-electron chi connectivity index (χ3n) is 9.13. The number of nitrogens with zero attached hydrogens (tertiary/aromatic N) is 6. The van der Waals surface area contributed by atoms with Gasteiger partial charge in [-0.2, -0.15) is 0 Å². The van der Waals surface area contributed by atoms with E-state index in [1.165, 1.54) is 7.11 Å². The number of methoxy groups -OCH3 is 2. The molecule has 1 N–H and O–H groups in total. The van der Waals surface area contributed by atoms with E-state index >= 15 is 0 Å². The van der Waals surface area contributed by atoms with Crippen molar-refractivity contribution in [2.45, 2.75) is 51.6 Å². The van der Waals surface area contributed by atoms with Crippen LogP contribution in [0.3, 0.4) is 0 Å². The van der Waals surface area contributed by atoms with Crippen molar-refractivity contribution >= 4 is 56.0 Å². The highest BCUT2D eigenvalue weighted by Crippen LogP contribution is 2.40. The van der Waals surface area contributed by atoms with E-state index in [-0.39, 0.29) is 23.2 Å². The Balaban J connectivity index is 1.26. The van der Waals surface area contributed by atoms with Crippen molar-refractivity contribution in [1.82, 2.24) is 29.8 Å². The molecular weight excluding hydrogens is 732 g/mol. The Morgan fingerprint density at radius 1 is 1.02 bits per heavy atom. The monoisotopic (exact) mass is 765 g/mol. The fraction of sp³-hybridized carbons (Fsp3) is 0.333. The van der Waals surface area contributed by atoms with Crippen molar-refractivity contribution in [3.05, 3.63) is 81.4 Å². The summed E-state index contributed by atoms with van der Waals surface area (Å²) in [4.78, 5) is 36.2. The van der Waals surface area contributed by atoms with Gasteiger partial charge in [-0.25, -0.2) is 28.7 Å². The highest BCUT2D eigenvalue weighted by molar-refractivity contribution is 9.10. The minimum Gasteiger partial charge on any atom is -0.480 e. The normalized spacial score (nSPS) is 16.2. The number of rotatable bonds is 10. The van der Waals surface area contributed by atoms with Crippen LogP contribution < -0.4 is 10.1 Å². The Morgan fingerprint density at radius 3 is 2.46 bits per heavy atom. The van der Waals surface area contributed by atoms with Crippen molar-refractivity contribution in [2.24, 2.45) is 5.92 Å². The molecule has 1 aliphatic rings. The average molecular weight is 767 g/mol. The summed E-state index contributed by atoms with van der Waals surface area (Å²) in [6.45, 7) is 2.45.